The molecule has 1 rings (SSSR count). The van der Waals surface area contributed by atoms with Crippen LogP contribution >= 0.6 is 0 Å². The average molecular weight is 270 g/mol. The molecule has 0 bridgehead atoms. The lowest BCUT2D eigenvalue weighted by Crippen LogP contribution is -2.45. The number of rotatable bonds is 6. The SMILES string of the molecule is CCC(C)NC(=O)C(C)NCc1cc(F)ccc1F. The second-order valence-corrected chi connectivity index (χ2v) is 4.66. The predicted molar refractivity (Wildman–Crippen MR) is 70.6 cm³/mol. The van der Waals surface area contributed by atoms with E-state index in [1.165, 1.54) is 0 Å². The molecular formula is C14H20F2N2O. The van der Waals surface area contributed by atoms with Crippen LogP contribution in [0.4, 0.5) is 8.78 Å². The molecule has 2 unspecified atom stereocenters. The van der Waals surface area contributed by atoms with Gasteiger partial charge in [-0.1, -0.05) is 6.92 Å². The Balaban J connectivity index is 2.51. The fourth-order valence-electron chi connectivity index (χ4n) is 1.50. The Morgan fingerprint density at radius 1 is 1.32 bits per heavy atom. The van der Waals surface area contributed by atoms with Crippen LogP contribution in [0.1, 0.15) is 32.8 Å². The van der Waals surface area contributed by atoms with Crippen LogP contribution in [0.5, 0.6) is 0 Å². The van der Waals surface area contributed by atoms with Crippen LogP contribution in [0, 0.1) is 11.6 Å². The number of hydrogen-bond acceptors (Lipinski definition) is 2. The average Bonchev–Trinajstić information content (AvgIpc) is 2.39. The van der Waals surface area contributed by atoms with Crippen LogP contribution in [-0.4, -0.2) is 18.0 Å². The minimum absolute atomic E-state index is 0.0997. The highest BCUT2D eigenvalue weighted by Gasteiger charge is 2.14. The molecule has 0 aliphatic carbocycles. The van der Waals surface area contributed by atoms with Gasteiger partial charge >= 0.3 is 0 Å². The van der Waals surface area contributed by atoms with Crippen LogP contribution in [-0.2, 0) is 11.3 Å². The highest BCUT2D eigenvalue weighted by Crippen LogP contribution is 2.09. The highest BCUT2D eigenvalue weighted by atomic mass is 19.1. The standard InChI is InChI=1S/C14H20F2N2O/c1-4-9(2)18-14(19)10(3)17-8-11-7-12(15)5-6-13(11)16/h5-7,9-10,17H,4,8H2,1-3H3,(H,18,19). The van der Waals surface area contributed by atoms with Crippen LogP contribution in [0.3, 0.4) is 0 Å². The smallest absolute Gasteiger partial charge is 0.237 e. The van der Waals surface area contributed by atoms with E-state index in [1.807, 2.05) is 13.8 Å². The van der Waals surface area contributed by atoms with E-state index in [4.69, 9.17) is 0 Å². The summed E-state index contributed by atoms with van der Waals surface area (Å²) in [6, 6.07) is 2.91. The maximum atomic E-state index is 13.4. The van der Waals surface area contributed by atoms with Crippen molar-refractivity contribution in [3.8, 4) is 0 Å². The summed E-state index contributed by atoms with van der Waals surface area (Å²) in [7, 11) is 0. The van der Waals surface area contributed by atoms with Gasteiger partial charge in [-0.2, -0.15) is 0 Å². The highest BCUT2D eigenvalue weighted by molar-refractivity contribution is 5.81. The lowest BCUT2D eigenvalue weighted by molar-refractivity contribution is -0.123. The molecule has 0 aromatic heterocycles. The summed E-state index contributed by atoms with van der Waals surface area (Å²) in [5, 5.41) is 5.70. The maximum Gasteiger partial charge on any atom is 0.237 e. The molecule has 0 spiro atoms. The molecule has 0 heterocycles. The molecule has 0 aliphatic rings. The summed E-state index contributed by atoms with van der Waals surface area (Å²) < 4.78 is 26.4. The number of hydrogen-bond donors (Lipinski definition) is 2. The van der Waals surface area contributed by atoms with Crippen LogP contribution in [0.15, 0.2) is 18.2 Å². The first-order valence-electron chi connectivity index (χ1n) is 6.41. The van der Waals surface area contributed by atoms with E-state index in [1.54, 1.807) is 6.92 Å². The topological polar surface area (TPSA) is 41.1 Å². The molecule has 0 aliphatic heterocycles. The Hall–Kier alpha value is -1.49. The molecular weight excluding hydrogens is 250 g/mol. The van der Waals surface area contributed by atoms with E-state index in [-0.39, 0.29) is 24.1 Å². The molecule has 0 fully saturated rings. The Morgan fingerprint density at radius 3 is 2.63 bits per heavy atom. The predicted octanol–water partition coefficient (Wildman–Crippen LogP) is 2.36. The fraction of sp³-hybridized carbons (Fsp3) is 0.500. The summed E-state index contributed by atoms with van der Waals surface area (Å²) >= 11 is 0. The Morgan fingerprint density at radius 2 is 2.00 bits per heavy atom. The Labute approximate surface area is 112 Å². The summed E-state index contributed by atoms with van der Waals surface area (Å²) in [4.78, 5) is 11.7. The second-order valence-electron chi connectivity index (χ2n) is 4.66. The minimum atomic E-state index is -0.491. The number of benzene rings is 1. The summed E-state index contributed by atoms with van der Waals surface area (Å²) in [5.74, 6) is -1.12. The van der Waals surface area contributed by atoms with Gasteiger partial charge in [0.2, 0.25) is 5.91 Å². The lowest BCUT2D eigenvalue weighted by Gasteiger charge is -2.17. The summed E-state index contributed by atoms with van der Waals surface area (Å²) in [6.07, 6.45) is 0.844. The fourth-order valence-corrected chi connectivity index (χ4v) is 1.50. The number of halogens is 2. The van der Waals surface area contributed by atoms with Crippen molar-refractivity contribution in [2.45, 2.75) is 45.8 Å². The van der Waals surface area contributed by atoms with Gasteiger partial charge < -0.3 is 10.6 Å². The van der Waals surface area contributed by atoms with E-state index in [2.05, 4.69) is 10.6 Å². The van der Waals surface area contributed by atoms with Gasteiger partial charge in [0.25, 0.3) is 0 Å². The van der Waals surface area contributed by atoms with Gasteiger partial charge in [0.05, 0.1) is 6.04 Å². The van der Waals surface area contributed by atoms with Crippen molar-refractivity contribution >= 4 is 5.91 Å². The third-order valence-electron chi connectivity index (χ3n) is 3.00. The molecule has 1 amide bonds. The Kier molecular flexibility index (Phi) is 5.89. The molecule has 0 saturated heterocycles. The second kappa shape index (κ2) is 7.19. The van der Waals surface area contributed by atoms with Gasteiger partial charge in [-0.3, -0.25) is 4.79 Å². The van der Waals surface area contributed by atoms with E-state index in [0.29, 0.717) is 0 Å². The number of nitrogens with one attached hydrogen (secondary N) is 2. The van der Waals surface area contributed by atoms with Gasteiger partial charge in [-0.25, -0.2) is 8.78 Å². The third-order valence-corrected chi connectivity index (χ3v) is 3.00. The first-order valence-corrected chi connectivity index (χ1v) is 6.41. The van der Waals surface area contributed by atoms with Crippen molar-refractivity contribution in [2.24, 2.45) is 0 Å². The zero-order valence-corrected chi connectivity index (χ0v) is 11.5. The van der Waals surface area contributed by atoms with Crippen molar-refractivity contribution < 1.29 is 13.6 Å². The zero-order valence-electron chi connectivity index (χ0n) is 11.5. The van der Waals surface area contributed by atoms with Gasteiger partial charge in [0.1, 0.15) is 11.6 Å². The van der Waals surface area contributed by atoms with Crippen LogP contribution < -0.4 is 10.6 Å². The summed E-state index contributed by atoms with van der Waals surface area (Å²) in [5.41, 5.74) is 0.211. The van der Waals surface area contributed by atoms with E-state index in [9.17, 15) is 13.6 Å². The van der Waals surface area contributed by atoms with Gasteiger partial charge in [0.15, 0.2) is 0 Å². The monoisotopic (exact) mass is 270 g/mol. The van der Waals surface area contributed by atoms with Gasteiger partial charge in [-0.15, -0.1) is 0 Å². The zero-order chi connectivity index (χ0) is 14.4. The molecule has 2 N–H and O–H groups in total. The molecule has 3 nitrogen and oxygen atoms in total. The van der Waals surface area contributed by atoms with E-state index >= 15 is 0 Å². The molecule has 1 aromatic rings. The van der Waals surface area contributed by atoms with E-state index in [0.717, 1.165) is 24.6 Å². The Bertz CT molecular complexity index is 437. The molecule has 19 heavy (non-hydrogen) atoms. The first kappa shape index (κ1) is 15.6. The molecule has 1 aromatic carbocycles. The van der Waals surface area contributed by atoms with Crippen LogP contribution in [0.25, 0.3) is 0 Å². The molecule has 5 heteroatoms. The maximum absolute atomic E-state index is 13.4. The minimum Gasteiger partial charge on any atom is -0.352 e. The normalized spacial score (nSPS) is 13.9. The van der Waals surface area contributed by atoms with Crippen molar-refractivity contribution in [1.29, 1.82) is 0 Å². The quantitative estimate of drug-likeness (QED) is 0.833. The number of carbonyl (C=O) groups excluding carboxylic acids is 1. The van der Waals surface area contributed by atoms with Crippen molar-refractivity contribution in [2.75, 3.05) is 0 Å². The largest absolute Gasteiger partial charge is 0.352 e. The number of amides is 1. The summed E-state index contributed by atoms with van der Waals surface area (Å²) in [6.45, 7) is 5.69. The molecule has 0 saturated carbocycles. The first-order chi connectivity index (χ1) is 8.93. The van der Waals surface area contributed by atoms with Gasteiger partial charge in [-0.05, 0) is 38.5 Å². The third kappa shape index (κ3) is 4.95. The van der Waals surface area contributed by atoms with Crippen molar-refractivity contribution in [3.63, 3.8) is 0 Å². The lowest BCUT2D eigenvalue weighted by atomic mass is 10.2. The number of carbonyl (C=O) groups is 1. The van der Waals surface area contributed by atoms with Crippen molar-refractivity contribution in [3.05, 3.63) is 35.4 Å². The van der Waals surface area contributed by atoms with Crippen molar-refractivity contribution in [1.82, 2.24) is 10.6 Å². The molecule has 0 radical (unpaired) electrons. The van der Waals surface area contributed by atoms with Gasteiger partial charge in [0, 0.05) is 18.2 Å². The molecule has 2 atom stereocenters. The van der Waals surface area contributed by atoms with E-state index < -0.39 is 17.7 Å². The molecule has 106 valence electrons. The van der Waals surface area contributed by atoms with Crippen LogP contribution in [0.2, 0.25) is 0 Å².